The highest BCUT2D eigenvalue weighted by Crippen LogP contribution is 2.44. The minimum atomic E-state index is -4.56. The molecule has 0 aliphatic rings. The predicted octanol–water partition coefficient (Wildman–Crippen LogP) is 7.36. The number of hydrogen-bond donors (Lipinski definition) is 2. The first kappa shape index (κ1) is 28.8. The van der Waals surface area contributed by atoms with E-state index >= 15 is 0 Å². The average Bonchev–Trinajstić information content (AvgIpc) is 2.83. The zero-order valence-corrected chi connectivity index (χ0v) is 21.9. The summed E-state index contributed by atoms with van der Waals surface area (Å²) in [6.45, 7) is 7.26. The first-order chi connectivity index (χ1) is 17.9. The van der Waals surface area contributed by atoms with Crippen LogP contribution in [-0.4, -0.2) is 23.5 Å². The van der Waals surface area contributed by atoms with Crippen molar-refractivity contribution in [1.82, 2.24) is 5.32 Å². The summed E-state index contributed by atoms with van der Waals surface area (Å²) >= 11 is 0. The van der Waals surface area contributed by atoms with Crippen LogP contribution in [0.2, 0.25) is 0 Å². The minimum absolute atomic E-state index is 0.00193. The Morgan fingerprint density at radius 2 is 1.63 bits per heavy atom. The van der Waals surface area contributed by atoms with Gasteiger partial charge in [-0.1, -0.05) is 50.2 Å². The number of carbonyl (C=O) groups excluding carboxylic acids is 1. The average molecular weight is 528 g/mol. The Bertz CT molecular complexity index is 1270. The number of benzene rings is 3. The maximum absolute atomic E-state index is 14.4. The van der Waals surface area contributed by atoms with Crippen molar-refractivity contribution in [1.29, 1.82) is 0 Å². The van der Waals surface area contributed by atoms with E-state index in [4.69, 9.17) is 9.84 Å². The predicted molar refractivity (Wildman–Crippen MR) is 140 cm³/mol. The fourth-order valence-corrected chi connectivity index (χ4v) is 4.59. The van der Waals surface area contributed by atoms with Gasteiger partial charge in [0.25, 0.3) is 5.91 Å². The molecule has 0 aromatic heterocycles. The van der Waals surface area contributed by atoms with E-state index in [0.29, 0.717) is 34.4 Å². The molecular formula is C30H32F3NO4. The number of carbonyl (C=O) groups is 2. The Morgan fingerprint density at radius 3 is 2.18 bits per heavy atom. The van der Waals surface area contributed by atoms with Gasteiger partial charge in [0.2, 0.25) is 0 Å². The number of aliphatic carboxylic acids is 1. The molecule has 2 N–H and O–H groups in total. The molecule has 5 nitrogen and oxygen atoms in total. The molecule has 202 valence electrons. The Hall–Kier alpha value is -3.81. The Kier molecular flexibility index (Phi) is 9.20. The van der Waals surface area contributed by atoms with Crippen molar-refractivity contribution < 1.29 is 32.6 Å². The van der Waals surface area contributed by atoms with Crippen LogP contribution in [-0.2, 0) is 11.0 Å². The van der Waals surface area contributed by atoms with Gasteiger partial charge in [0.1, 0.15) is 11.9 Å². The molecular weight excluding hydrogens is 495 g/mol. The Balaban J connectivity index is 1.97. The van der Waals surface area contributed by atoms with E-state index in [2.05, 4.69) is 5.32 Å². The van der Waals surface area contributed by atoms with Gasteiger partial charge in [-0.15, -0.1) is 0 Å². The van der Waals surface area contributed by atoms with Crippen LogP contribution < -0.4 is 10.1 Å². The number of aryl methyl sites for hydroxylation is 1. The number of alkyl halides is 3. The quantitative estimate of drug-likeness (QED) is 0.289. The third-order valence-electron chi connectivity index (χ3n) is 6.23. The molecule has 0 heterocycles. The molecule has 3 aromatic carbocycles. The number of ether oxygens (including phenoxy) is 1. The van der Waals surface area contributed by atoms with Gasteiger partial charge in [0.05, 0.1) is 12.0 Å². The first-order valence-corrected chi connectivity index (χ1v) is 12.4. The van der Waals surface area contributed by atoms with E-state index in [-0.39, 0.29) is 30.0 Å². The first-order valence-electron chi connectivity index (χ1n) is 12.4. The third kappa shape index (κ3) is 7.15. The highest BCUT2D eigenvalue weighted by atomic mass is 19.4. The van der Waals surface area contributed by atoms with E-state index in [0.717, 1.165) is 0 Å². The normalized spacial score (nSPS) is 12.3. The molecule has 0 aliphatic heterocycles. The topological polar surface area (TPSA) is 75.6 Å². The van der Waals surface area contributed by atoms with Crippen molar-refractivity contribution in [2.45, 2.75) is 52.8 Å². The van der Waals surface area contributed by atoms with Gasteiger partial charge >= 0.3 is 12.1 Å². The summed E-state index contributed by atoms with van der Waals surface area (Å²) in [5.41, 5.74) is 1.62. The maximum atomic E-state index is 14.4. The zero-order chi connectivity index (χ0) is 28.0. The van der Waals surface area contributed by atoms with Crippen LogP contribution in [0, 0.1) is 19.8 Å². The fourth-order valence-electron chi connectivity index (χ4n) is 4.59. The van der Waals surface area contributed by atoms with E-state index in [9.17, 15) is 22.8 Å². The number of halogens is 3. The molecule has 0 spiro atoms. The highest BCUT2D eigenvalue weighted by Gasteiger charge is 2.38. The lowest BCUT2D eigenvalue weighted by Gasteiger charge is -2.28. The van der Waals surface area contributed by atoms with Gasteiger partial charge < -0.3 is 15.2 Å². The summed E-state index contributed by atoms with van der Waals surface area (Å²) in [6.07, 6.45) is -4.90. The molecule has 0 aliphatic carbocycles. The van der Waals surface area contributed by atoms with Crippen molar-refractivity contribution in [2.75, 3.05) is 6.54 Å². The molecule has 0 fully saturated rings. The molecule has 0 bridgehead atoms. The number of carboxylic acid groups (broad SMARTS) is 1. The minimum Gasteiger partial charge on any atom is -0.486 e. The monoisotopic (exact) mass is 527 g/mol. The van der Waals surface area contributed by atoms with Crippen LogP contribution in [0.1, 0.15) is 65.4 Å². The van der Waals surface area contributed by atoms with Crippen LogP contribution >= 0.6 is 0 Å². The number of hydrogen-bond acceptors (Lipinski definition) is 3. The number of carboxylic acids is 1. The van der Waals surface area contributed by atoms with Gasteiger partial charge in [-0.3, -0.25) is 9.59 Å². The van der Waals surface area contributed by atoms with Crippen LogP contribution in [0.5, 0.6) is 5.75 Å². The van der Waals surface area contributed by atoms with E-state index in [1.54, 1.807) is 55.5 Å². The lowest BCUT2D eigenvalue weighted by molar-refractivity contribution is -0.138. The largest absolute Gasteiger partial charge is 0.486 e. The summed E-state index contributed by atoms with van der Waals surface area (Å²) in [4.78, 5) is 22.9. The second-order valence-electron chi connectivity index (χ2n) is 9.68. The van der Waals surface area contributed by atoms with Gasteiger partial charge in [-0.25, -0.2) is 0 Å². The molecule has 0 saturated carbocycles. The summed E-state index contributed by atoms with van der Waals surface area (Å²) in [5, 5.41) is 11.2. The SMILES string of the molecule is Cc1cc(-c2ccccc2)c(C(F)(F)F)c(C)c1C(CC(C)C)Oc1ccc(C(=O)NCCC(=O)O)cc1. The smallest absolute Gasteiger partial charge is 0.417 e. The zero-order valence-electron chi connectivity index (χ0n) is 21.9. The molecule has 0 radical (unpaired) electrons. The van der Waals surface area contributed by atoms with E-state index in [1.807, 2.05) is 13.8 Å². The molecule has 3 rings (SSSR count). The van der Waals surface area contributed by atoms with Gasteiger partial charge in [0, 0.05) is 12.1 Å². The third-order valence-corrected chi connectivity index (χ3v) is 6.23. The molecule has 1 atom stereocenters. The van der Waals surface area contributed by atoms with Crippen LogP contribution in [0.15, 0.2) is 60.7 Å². The molecule has 1 amide bonds. The van der Waals surface area contributed by atoms with Crippen LogP contribution in [0.4, 0.5) is 13.2 Å². The van der Waals surface area contributed by atoms with Crippen LogP contribution in [0.25, 0.3) is 11.1 Å². The fraction of sp³-hybridized carbons (Fsp3) is 0.333. The summed E-state index contributed by atoms with van der Waals surface area (Å²) in [5.74, 6) is -0.880. The number of amides is 1. The summed E-state index contributed by atoms with van der Waals surface area (Å²) < 4.78 is 49.5. The van der Waals surface area contributed by atoms with Crippen molar-refractivity contribution in [2.24, 2.45) is 5.92 Å². The van der Waals surface area contributed by atoms with Crippen LogP contribution in [0.3, 0.4) is 0 Å². The second kappa shape index (κ2) is 12.2. The molecule has 0 saturated heterocycles. The Morgan fingerprint density at radius 1 is 1.00 bits per heavy atom. The van der Waals surface area contributed by atoms with Crippen molar-refractivity contribution >= 4 is 11.9 Å². The van der Waals surface area contributed by atoms with Crippen molar-refractivity contribution in [3.8, 4) is 16.9 Å². The highest BCUT2D eigenvalue weighted by molar-refractivity contribution is 5.94. The van der Waals surface area contributed by atoms with Gasteiger partial charge in [-0.05, 0) is 78.3 Å². The molecule has 1 unspecified atom stereocenters. The molecule has 3 aromatic rings. The number of nitrogens with one attached hydrogen (secondary N) is 1. The maximum Gasteiger partial charge on any atom is 0.417 e. The number of rotatable bonds is 10. The second-order valence-corrected chi connectivity index (χ2v) is 9.68. The standard InChI is InChI=1S/C30H32F3NO4/c1-18(2)16-25(38-23-12-10-22(11-13-23)29(37)34-15-14-26(35)36)27-19(3)17-24(21-8-6-5-7-9-21)28(20(27)4)30(31,32)33/h5-13,17-18,25H,14-16H2,1-4H3,(H,34,37)(H,35,36). The van der Waals surface area contributed by atoms with Crippen molar-refractivity contribution in [3.63, 3.8) is 0 Å². The molecule has 38 heavy (non-hydrogen) atoms. The lowest BCUT2D eigenvalue weighted by atomic mass is 9.85. The molecule has 8 heteroatoms. The van der Waals surface area contributed by atoms with E-state index < -0.39 is 29.7 Å². The summed E-state index contributed by atoms with van der Waals surface area (Å²) in [6, 6.07) is 16.4. The summed E-state index contributed by atoms with van der Waals surface area (Å²) in [7, 11) is 0. The lowest BCUT2D eigenvalue weighted by Crippen LogP contribution is -2.25. The van der Waals surface area contributed by atoms with Gasteiger partial charge in [-0.2, -0.15) is 13.2 Å². The van der Waals surface area contributed by atoms with E-state index in [1.165, 1.54) is 19.1 Å². The Labute approximate surface area is 220 Å². The van der Waals surface area contributed by atoms with Gasteiger partial charge in [0.15, 0.2) is 0 Å². The van der Waals surface area contributed by atoms with Crippen molar-refractivity contribution in [3.05, 3.63) is 88.5 Å².